The van der Waals surface area contributed by atoms with E-state index in [1.807, 2.05) is 0 Å². The largest absolute Gasteiger partial charge is 0.318 e. The maximum absolute atomic E-state index is 5.34. The Labute approximate surface area is 60.2 Å². The monoisotopic (exact) mass is 144 g/mol. The van der Waals surface area contributed by atoms with Crippen LogP contribution in [0.5, 0.6) is 0 Å². The van der Waals surface area contributed by atoms with E-state index in [0.29, 0.717) is 6.79 Å². The van der Waals surface area contributed by atoms with Crippen LogP contribution >= 0.6 is 0 Å². The molecule has 3 nitrogen and oxygen atoms in total. The molecule has 10 heavy (non-hydrogen) atoms. The zero-order valence-corrected chi connectivity index (χ0v) is 5.97. The van der Waals surface area contributed by atoms with E-state index in [9.17, 15) is 0 Å². The van der Waals surface area contributed by atoms with Crippen molar-refractivity contribution < 1.29 is 14.5 Å². The molecule has 1 saturated carbocycles. The Bertz CT molecular complexity index is 110. The molecule has 1 heterocycles. The fraction of sp³-hybridized carbons (Fsp3) is 1.00. The minimum Gasteiger partial charge on any atom is -0.318 e. The van der Waals surface area contributed by atoms with E-state index >= 15 is 0 Å². The molecule has 2 aliphatic rings. The predicted octanol–water partition coefficient (Wildman–Crippen LogP) is 1.58. The van der Waals surface area contributed by atoms with Gasteiger partial charge in [-0.05, 0) is 12.8 Å². The maximum atomic E-state index is 5.34. The van der Waals surface area contributed by atoms with Crippen molar-refractivity contribution in [1.29, 1.82) is 0 Å². The van der Waals surface area contributed by atoms with Gasteiger partial charge >= 0.3 is 0 Å². The first-order valence-corrected chi connectivity index (χ1v) is 3.86. The van der Waals surface area contributed by atoms with Crippen LogP contribution in [0.2, 0.25) is 0 Å². The summed E-state index contributed by atoms with van der Waals surface area (Å²) in [5.74, 6) is -0.349. The summed E-state index contributed by atoms with van der Waals surface area (Å²) in [6.07, 6.45) is 5.68. The Hall–Kier alpha value is -0.120. The van der Waals surface area contributed by atoms with Crippen LogP contribution in [-0.4, -0.2) is 12.6 Å². The average Bonchev–Trinajstić information content (AvgIpc) is 2.39. The molecule has 2 rings (SSSR count). The van der Waals surface area contributed by atoms with Gasteiger partial charge < -0.3 is 4.74 Å². The summed E-state index contributed by atoms with van der Waals surface area (Å²) < 4.78 is 5.34. The van der Waals surface area contributed by atoms with Crippen molar-refractivity contribution in [2.75, 3.05) is 6.79 Å². The van der Waals surface area contributed by atoms with Crippen LogP contribution in [0.3, 0.4) is 0 Å². The number of hydrogen-bond donors (Lipinski definition) is 0. The average molecular weight is 144 g/mol. The van der Waals surface area contributed by atoms with E-state index in [2.05, 4.69) is 0 Å². The Morgan fingerprint density at radius 1 is 1.00 bits per heavy atom. The Morgan fingerprint density at radius 2 is 1.80 bits per heavy atom. The molecule has 2 fully saturated rings. The fourth-order valence-electron chi connectivity index (χ4n) is 1.61. The SMILES string of the molecule is C1CCC2(CC1)OCOO2. The third kappa shape index (κ3) is 1.05. The minimum absolute atomic E-state index is 0.306. The lowest BCUT2D eigenvalue weighted by molar-refractivity contribution is -0.328. The van der Waals surface area contributed by atoms with Crippen molar-refractivity contribution in [2.24, 2.45) is 0 Å². The Morgan fingerprint density at radius 3 is 2.40 bits per heavy atom. The molecular weight excluding hydrogens is 132 g/mol. The van der Waals surface area contributed by atoms with Gasteiger partial charge in [-0.25, -0.2) is 4.89 Å². The Balaban J connectivity index is 1.98. The van der Waals surface area contributed by atoms with Gasteiger partial charge in [-0.2, -0.15) is 4.89 Å². The molecule has 3 heteroatoms. The second-order valence-corrected chi connectivity index (χ2v) is 2.93. The van der Waals surface area contributed by atoms with Gasteiger partial charge in [0.15, 0.2) is 6.79 Å². The molecule has 1 spiro atoms. The van der Waals surface area contributed by atoms with Crippen LogP contribution in [0.4, 0.5) is 0 Å². The second-order valence-electron chi connectivity index (χ2n) is 2.93. The summed E-state index contributed by atoms with van der Waals surface area (Å²) in [4.78, 5) is 9.77. The molecule has 0 atom stereocenters. The lowest BCUT2D eigenvalue weighted by Gasteiger charge is -2.27. The summed E-state index contributed by atoms with van der Waals surface area (Å²) in [6, 6.07) is 0. The van der Waals surface area contributed by atoms with Crippen LogP contribution in [-0.2, 0) is 14.5 Å². The van der Waals surface area contributed by atoms with Gasteiger partial charge in [0.25, 0.3) is 0 Å². The van der Waals surface area contributed by atoms with Crippen LogP contribution in [0.25, 0.3) is 0 Å². The van der Waals surface area contributed by atoms with Crippen LogP contribution < -0.4 is 0 Å². The minimum atomic E-state index is -0.349. The second kappa shape index (κ2) is 2.49. The topological polar surface area (TPSA) is 27.7 Å². The van der Waals surface area contributed by atoms with E-state index in [1.54, 1.807) is 0 Å². The first-order valence-electron chi connectivity index (χ1n) is 3.86. The third-order valence-corrected chi connectivity index (χ3v) is 2.20. The summed E-state index contributed by atoms with van der Waals surface area (Å²) in [5, 5.41) is 0. The highest BCUT2D eigenvalue weighted by molar-refractivity contribution is 4.74. The molecule has 0 amide bonds. The van der Waals surface area contributed by atoms with Gasteiger partial charge in [0.05, 0.1) is 0 Å². The first kappa shape index (κ1) is 6.58. The summed E-state index contributed by atoms with van der Waals surface area (Å²) >= 11 is 0. The smallest absolute Gasteiger partial charge is 0.204 e. The van der Waals surface area contributed by atoms with Gasteiger partial charge in [0.2, 0.25) is 5.79 Å². The molecule has 58 valence electrons. The van der Waals surface area contributed by atoms with E-state index in [4.69, 9.17) is 14.5 Å². The number of hydrogen-bond acceptors (Lipinski definition) is 3. The van der Waals surface area contributed by atoms with Gasteiger partial charge in [-0.15, -0.1) is 0 Å². The molecule has 1 aliphatic carbocycles. The summed E-state index contributed by atoms with van der Waals surface area (Å²) in [6.45, 7) is 0.306. The van der Waals surface area contributed by atoms with E-state index in [1.165, 1.54) is 19.3 Å². The molecule has 0 aromatic heterocycles. The quantitative estimate of drug-likeness (QED) is 0.483. The molecule has 1 saturated heterocycles. The fourth-order valence-corrected chi connectivity index (χ4v) is 1.61. The lowest BCUT2D eigenvalue weighted by Crippen LogP contribution is -2.32. The molecular formula is C7H12O3. The molecule has 0 aromatic carbocycles. The molecule has 0 bridgehead atoms. The van der Waals surface area contributed by atoms with Crippen molar-refractivity contribution >= 4 is 0 Å². The normalized spacial score (nSPS) is 31.2. The van der Waals surface area contributed by atoms with E-state index in [-0.39, 0.29) is 5.79 Å². The van der Waals surface area contributed by atoms with Crippen molar-refractivity contribution in [2.45, 2.75) is 37.9 Å². The summed E-state index contributed by atoms with van der Waals surface area (Å²) in [7, 11) is 0. The molecule has 0 N–H and O–H groups in total. The molecule has 0 aromatic rings. The predicted molar refractivity (Wildman–Crippen MR) is 33.9 cm³/mol. The van der Waals surface area contributed by atoms with Gasteiger partial charge in [-0.1, -0.05) is 6.42 Å². The van der Waals surface area contributed by atoms with Crippen molar-refractivity contribution in [3.8, 4) is 0 Å². The van der Waals surface area contributed by atoms with Crippen LogP contribution in [0, 0.1) is 0 Å². The first-order chi connectivity index (χ1) is 4.91. The lowest BCUT2D eigenvalue weighted by atomic mass is 9.94. The van der Waals surface area contributed by atoms with Gasteiger partial charge in [0, 0.05) is 12.8 Å². The van der Waals surface area contributed by atoms with Crippen LogP contribution in [0.1, 0.15) is 32.1 Å². The van der Waals surface area contributed by atoms with E-state index in [0.717, 1.165) is 12.8 Å². The molecule has 1 aliphatic heterocycles. The zero-order chi connectivity index (χ0) is 6.86. The van der Waals surface area contributed by atoms with Crippen LogP contribution in [0.15, 0.2) is 0 Å². The molecule has 0 radical (unpaired) electrons. The highest BCUT2D eigenvalue weighted by atomic mass is 17.3. The third-order valence-electron chi connectivity index (χ3n) is 2.20. The van der Waals surface area contributed by atoms with Gasteiger partial charge in [0.1, 0.15) is 0 Å². The van der Waals surface area contributed by atoms with E-state index < -0.39 is 0 Å². The van der Waals surface area contributed by atoms with Crippen molar-refractivity contribution in [1.82, 2.24) is 0 Å². The van der Waals surface area contributed by atoms with Gasteiger partial charge in [-0.3, -0.25) is 0 Å². The highest BCUT2D eigenvalue weighted by Gasteiger charge is 2.39. The summed E-state index contributed by atoms with van der Waals surface area (Å²) in [5.41, 5.74) is 0. The Kier molecular flexibility index (Phi) is 1.64. The maximum Gasteiger partial charge on any atom is 0.204 e. The van der Waals surface area contributed by atoms with Crippen molar-refractivity contribution in [3.05, 3.63) is 0 Å². The van der Waals surface area contributed by atoms with Crippen molar-refractivity contribution in [3.63, 3.8) is 0 Å². The highest BCUT2D eigenvalue weighted by Crippen LogP contribution is 2.35. The number of ether oxygens (including phenoxy) is 1. The molecule has 0 unspecified atom stereocenters. The zero-order valence-electron chi connectivity index (χ0n) is 5.97. The standard InChI is InChI=1S/C7H12O3/c1-2-4-7(5-3-1)8-6-9-10-7/h1-6H2. The number of rotatable bonds is 0.